The summed E-state index contributed by atoms with van der Waals surface area (Å²) in [5, 5.41) is 0. The molecular formula is C30H61O4P. The summed E-state index contributed by atoms with van der Waals surface area (Å²) in [5.74, 6) is -0.810. The third-order valence-electron chi connectivity index (χ3n) is 7.06. The van der Waals surface area contributed by atoms with E-state index < -0.39 is 13.3 Å². The van der Waals surface area contributed by atoms with Crippen molar-refractivity contribution >= 4 is 13.3 Å². The van der Waals surface area contributed by atoms with Gasteiger partial charge < -0.3 is 9.63 Å². The van der Waals surface area contributed by atoms with Gasteiger partial charge >= 0.3 is 5.97 Å². The predicted octanol–water partition coefficient (Wildman–Crippen LogP) is 10.1. The van der Waals surface area contributed by atoms with Crippen molar-refractivity contribution in [2.45, 2.75) is 162 Å². The Morgan fingerprint density at radius 2 is 0.971 bits per heavy atom. The lowest BCUT2D eigenvalue weighted by molar-refractivity contribution is -0.147. The minimum absolute atomic E-state index is 0.0553. The van der Waals surface area contributed by atoms with Gasteiger partial charge in [-0.25, -0.2) is 0 Å². The molecule has 5 heteroatoms. The lowest BCUT2D eigenvalue weighted by Crippen LogP contribution is -2.19. The number of esters is 1. The Kier molecular flexibility index (Phi) is 25.1. The van der Waals surface area contributed by atoms with Crippen LogP contribution in [-0.2, 0) is 14.1 Å². The fourth-order valence-corrected chi connectivity index (χ4v) is 6.60. The number of hydrogen-bond acceptors (Lipinski definition) is 3. The van der Waals surface area contributed by atoms with Gasteiger partial charge in [0.25, 0.3) is 0 Å². The fourth-order valence-electron chi connectivity index (χ4n) is 4.70. The Morgan fingerprint density at radius 1 is 0.629 bits per heavy atom. The molecule has 0 bridgehead atoms. The molecule has 0 aromatic rings. The van der Waals surface area contributed by atoms with Gasteiger partial charge in [0, 0.05) is 12.3 Å². The first-order valence-electron chi connectivity index (χ1n) is 15.4. The second-order valence-electron chi connectivity index (χ2n) is 10.9. The summed E-state index contributed by atoms with van der Waals surface area (Å²) in [5.41, 5.74) is 0. The highest BCUT2D eigenvalue weighted by atomic mass is 31.2. The van der Waals surface area contributed by atoms with Gasteiger partial charge in [0.15, 0.2) is 0 Å². The zero-order chi connectivity index (χ0) is 26.0. The zero-order valence-corrected chi connectivity index (χ0v) is 24.8. The summed E-state index contributed by atoms with van der Waals surface area (Å²) in [7, 11) is -3.24. The van der Waals surface area contributed by atoms with Crippen LogP contribution in [0.3, 0.4) is 0 Å². The maximum atomic E-state index is 12.4. The lowest BCUT2D eigenvalue weighted by Gasteiger charge is -2.16. The van der Waals surface area contributed by atoms with Crippen molar-refractivity contribution in [3.63, 3.8) is 0 Å². The average molecular weight is 517 g/mol. The molecule has 0 spiro atoms. The topological polar surface area (TPSA) is 63.6 Å². The van der Waals surface area contributed by atoms with Gasteiger partial charge in [0.1, 0.15) is 0 Å². The van der Waals surface area contributed by atoms with Crippen molar-refractivity contribution in [2.24, 2.45) is 5.92 Å². The van der Waals surface area contributed by atoms with E-state index in [4.69, 9.17) is 4.74 Å². The molecule has 4 nitrogen and oxygen atoms in total. The first-order valence-corrected chi connectivity index (χ1v) is 17.4. The van der Waals surface area contributed by atoms with Crippen LogP contribution < -0.4 is 0 Å². The van der Waals surface area contributed by atoms with Crippen LogP contribution in [0.1, 0.15) is 162 Å². The standard InChI is InChI=1S/C30H61O4P/c1-4-6-8-10-12-13-14-15-16-17-18-19-20-21-22-24-26-34-30(31)29(3)28-35(32,33)27-25-23-11-9-7-5-2/h29H,4-28H2,1-3H3,(H,32,33). The van der Waals surface area contributed by atoms with Crippen LogP contribution in [0.25, 0.3) is 0 Å². The molecule has 0 aliphatic carbocycles. The molecule has 0 aliphatic rings. The van der Waals surface area contributed by atoms with Crippen LogP contribution in [0.4, 0.5) is 0 Å². The van der Waals surface area contributed by atoms with Crippen molar-refractivity contribution in [1.29, 1.82) is 0 Å². The van der Waals surface area contributed by atoms with E-state index in [1.54, 1.807) is 6.92 Å². The van der Waals surface area contributed by atoms with E-state index in [-0.39, 0.29) is 12.1 Å². The minimum Gasteiger partial charge on any atom is -0.465 e. The molecule has 1 N–H and O–H groups in total. The summed E-state index contributed by atoms with van der Waals surface area (Å²) < 4.78 is 17.8. The monoisotopic (exact) mass is 516 g/mol. The van der Waals surface area contributed by atoms with Crippen LogP contribution in [0, 0.1) is 5.92 Å². The summed E-state index contributed by atoms with van der Waals surface area (Å²) in [4.78, 5) is 22.4. The van der Waals surface area contributed by atoms with Gasteiger partial charge in [-0.1, -0.05) is 149 Å². The number of carbonyl (C=O) groups is 1. The molecule has 210 valence electrons. The first kappa shape index (κ1) is 34.7. The van der Waals surface area contributed by atoms with Gasteiger partial charge in [-0.2, -0.15) is 0 Å². The number of carbonyl (C=O) groups excluding carboxylic acids is 1. The largest absolute Gasteiger partial charge is 0.465 e. The summed E-state index contributed by atoms with van der Waals surface area (Å²) in [6, 6.07) is 0. The van der Waals surface area contributed by atoms with E-state index >= 15 is 0 Å². The Labute approximate surface area is 219 Å². The molecule has 0 fully saturated rings. The van der Waals surface area contributed by atoms with Gasteiger partial charge in [-0.05, 0) is 12.8 Å². The molecule has 35 heavy (non-hydrogen) atoms. The van der Waals surface area contributed by atoms with Crippen molar-refractivity contribution in [1.82, 2.24) is 0 Å². The van der Waals surface area contributed by atoms with E-state index in [0.29, 0.717) is 12.8 Å². The molecule has 0 radical (unpaired) electrons. The molecule has 0 rings (SSSR count). The average Bonchev–Trinajstić information content (AvgIpc) is 2.82. The SMILES string of the molecule is CCCCCCCCCCCCCCCCCCOC(=O)C(C)CP(=O)(O)CCCCCCCC. The zero-order valence-electron chi connectivity index (χ0n) is 23.9. The number of hydrogen-bond donors (Lipinski definition) is 1. The van der Waals surface area contributed by atoms with Gasteiger partial charge in [-0.15, -0.1) is 0 Å². The molecule has 0 aliphatic heterocycles. The van der Waals surface area contributed by atoms with Crippen LogP contribution >= 0.6 is 7.37 Å². The Balaban J connectivity index is 3.50. The number of unbranched alkanes of at least 4 members (excludes halogenated alkanes) is 20. The van der Waals surface area contributed by atoms with Crippen LogP contribution in [0.5, 0.6) is 0 Å². The van der Waals surface area contributed by atoms with Gasteiger partial charge in [-0.3, -0.25) is 9.36 Å². The minimum atomic E-state index is -3.24. The highest BCUT2D eigenvalue weighted by Gasteiger charge is 2.26. The highest BCUT2D eigenvalue weighted by Crippen LogP contribution is 2.43. The molecule has 2 unspecified atom stereocenters. The molecule has 0 heterocycles. The van der Waals surface area contributed by atoms with Crippen LogP contribution in [0.2, 0.25) is 0 Å². The third-order valence-corrected chi connectivity index (χ3v) is 9.20. The molecule has 0 saturated carbocycles. The van der Waals surface area contributed by atoms with Crippen LogP contribution in [-0.4, -0.2) is 29.8 Å². The summed E-state index contributed by atoms with van der Waals surface area (Å²) in [6.07, 6.45) is 28.1. The van der Waals surface area contributed by atoms with Crippen molar-refractivity contribution < 1.29 is 19.0 Å². The molecule has 0 saturated heterocycles. The first-order chi connectivity index (χ1) is 16.9. The molecule has 2 atom stereocenters. The van der Waals surface area contributed by atoms with E-state index in [0.717, 1.165) is 32.1 Å². The Bertz CT molecular complexity index is 509. The maximum absolute atomic E-state index is 12.4. The van der Waals surface area contributed by atoms with Gasteiger partial charge in [0.05, 0.1) is 12.5 Å². The second-order valence-corrected chi connectivity index (χ2v) is 13.4. The van der Waals surface area contributed by atoms with Crippen molar-refractivity contribution in [3.05, 3.63) is 0 Å². The van der Waals surface area contributed by atoms with Gasteiger partial charge in [0.2, 0.25) is 7.37 Å². The van der Waals surface area contributed by atoms with E-state index in [1.807, 2.05) is 0 Å². The Morgan fingerprint density at radius 3 is 1.37 bits per heavy atom. The van der Waals surface area contributed by atoms with Crippen LogP contribution in [0.15, 0.2) is 0 Å². The summed E-state index contributed by atoms with van der Waals surface area (Å²) in [6.45, 7) is 6.62. The number of rotatable bonds is 27. The van der Waals surface area contributed by atoms with E-state index in [9.17, 15) is 14.3 Å². The maximum Gasteiger partial charge on any atom is 0.309 e. The molecule has 0 aromatic heterocycles. The van der Waals surface area contributed by atoms with Crippen molar-refractivity contribution in [2.75, 3.05) is 18.9 Å². The normalized spacial score (nSPS) is 14.1. The molecule has 0 aromatic carbocycles. The Hall–Kier alpha value is -0.340. The molecular weight excluding hydrogens is 455 g/mol. The second kappa shape index (κ2) is 25.3. The highest BCUT2D eigenvalue weighted by molar-refractivity contribution is 7.58. The smallest absolute Gasteiger partial charge is 0.309 e. The lowest BCUT2D eigenvalue weighted by atomic mass is 10.0. The fraction of sp³-hybridized carbons (Fsp3) is 0.967. The quantitative estimate of drug-likeness (QED) is 0.0670. The predicted molar refractivity (Wildman–Crippen MR) is 153 cm³/mol. The summed E-state index contributed by atoms with van der Waals surface area (Å²) >= 11 is 0. The van der Waals surface area contributed by atoms with E-state index in [2.05, 4.69) is 13.8 Å². The van der Waals surface area contributed by atoms with Crippen molar-refractivity contribution in [3.8, 4) is 0 Å². The third kappa shape index (κ3) is 25.1. The number of ether oxygens (including phenoxy) is 1. The molecule has 0 amide bonds. The van der Waals surface area contributed by atoms with E-state index in [1.165, 1.54) is 109 Å².